The van der Waals surface area contributed by atoms with Crippen LogP contribution >= 0.6 is 0 Å². The number of carbonyl (C=O) groups is 1. The van der Waals surface area contributed by atoms with Crippen LogP contribution < -0.4 is 4.74 Å². The summed E-state index contributed by atoms with van der Waals surface area (Å²) in [4.78, 5) is 24.4. The van der Waals surface area contributed by atoms with Crippen molar-refractivity contribution >= 4 is 11.7 Å². The summed E-state index contributed by atoms with van der Waals surface area (Å²) in [5, 5.41) is 19.4. The number of pyridine rings is 1. The molecule has 1 N–H and O–H groups in total. The fourth-order valence-electron chi connectivity index (χ4n) is 1.07. The van der Waals surface area contributed by atoms with Crippen LogP contribution in [-0.2, 0) is 0 Å². The summed E-state index contributed by atoms with van der Waals surface area (Å²) < 4.78 is 5.31. The predicted molar refractivity (Wildman–Crippen MR) is 58.2 cm³/mol. The number of carboxylic acids is 1. The number of rotatable bonds is 3. The molecule has 0 amide bonds. The molecule has 0 fully saturated rings. The normalized spacial score (nSPS) is 11.0. The van der Waals surface area contributed by atoms with Crippen molar-refractivity contribution in [1.29, 1.82) is 0 Å². The maximum atomic E-state index is 10.9. The van der Waals surface area contributed by atoms with E-state index in [0.717, 1.165) is 12.3 Å². The molecule has 17 heavy (non-hydrogen) atoms. The van der Waals surface area contributed by atoms with Gasteiger partial charge >= 0.3 is 5.97 Å². The van der Waals surface area contributed by atoms with Gasteiger partial charge in [-0.2, -0.15) is 0 Å². The third-order valence-electron chi connectivity index (χ3n) is 1.68. The number of hydrogen-bond acceptors (Lipinski definition) is 5. The summed E-state index contributed by atoms with van der Waals surface area (Å²) in [6.45, 7) is 5.17. The summed E-state index contributed by atoms with van der Waals surface area (Å²) in [7, 11) is 0. The molecule has 0 aliphatic heterocycles. The number of aromatic carboxylic acids is 1. The highest BCUT2D eigenvalue weighted by molar-refractivity contribution is 5.90. The van der Waals surface area contributed by atoms with Crippen LogP contribution in [0.5, 0.6) is 5.88 Å². The van der Waals surface area contributed by atoms with Crippen molar-refractivity contribution in [3.05, 3.63) is 27.9 Å². The Kier molecular flexibility index (Phi) is 3.31. The molecule has 0 saturated carbocycles. The molecular weight excluding hydrogens is 228 g/mol. The van der Waals surface area contributed by atoms with Gasteiger partial charge in [0, 0.05) is 6.07 Å². The Morgan fingerprint density at radius 2 is 2.12 bits per heavy atom. The molecule has 0 aliphatic carbocycles. The van der Waals surface area contributed by atoms with Crippen LogP contribution in [0.2, 0.25) is 0 Å². The predicted octanol–water partition coefficient (Wildman–Crippen LogP) is 1.87. The lowest BCUT2D eigenvalue weighted by molar-refractivity contribution is -0.385. The lowest BCUT2D eigenvalue weighted by Gasteiger charge is -2.21. The van der Waals surface area contributed by atoms with E-state index in [4.69, 9.17) is 9.84 Å². The van der Waals surface area contributed by atoms with E-state index >= 15 is 0 Å². The summed E-state index contributed by atoms with van der Waals surface area (Å²) >= 11 is 0. The van der Waals surface area contributed by atoms with E-state index in [1.54, 1.807) is 20.8 Å². The number of aromatic nitrogens is 1. The summed E-state index contributed by atoms with van der Waals surface area (Å²) in [6, 6.07) is 0.927. The first-order valence-electron chi connectivity index (χ1n) is 4.77. The average molecular weight is 240 g/mol. The minimum absolute atomic E-state index is 0.129. The second-order valence-electron chi connectivity index (χ2n) is 4.32. The summed E-state index contributed by atoms with van der Waals surface area (Å²) in [5.74, 6) is -1.45. The van der Waals surface area contributed by atoms with E-state index in [-0.39, 0.29) is 17.1 Å². The molecule has 1 aromatic heterocycles. The topological polar surface area (TPSA) is 103 Å². The monoisotopic (exact) mass is 240 g/mol. The zero-order chi connectivity index (χ0) is 13.2. The molecule has 1 heterocycles. The highest BCUT2D eigenvalue weighted by atomic mass is 16.6. The van der Waals surface area contributed by atoms with E-state index in [2.05, 4.69) is 4.98 Å². The molecule has 0 unspecified atom stereocenters. The summed E-state index contributed by atoms with van der Waals surface area (Å²) in [5.41, 5.74) is -1.34. The van der Waals surface area contributed by atoms with Crippen molar-refractivity contribution in [2.75, 3.05) is 0 Å². The van der Waals surface area contributed by atoms with Crippen LogP contribution in [0, 0.1) is 10.1 Å². The minimum atomic E-state index is -1.32. The van der Waals surface area contributed by atoms with E-state index in [9.17, 15) is 14.9 Å². The molecule has 0 radical (unpaired) electrons. The van der Waals surface area contributed by atoms with Gasteiger partial charge in [-0.15, -0.1) is 0 Å². The molecular formula is C10H12N2O5. The molecule has 0 spiro atoms. The Hall–Kier alpha value is -2.18. The van der Waals surface area contributed by atoms with Gasteiger partial charge in [0.2, 0.25) is 5.88 Å². The van der Waals surface area contributed by atoms with Crippen molar-refractivity contribution in [1.82, 2.24) is 4.98 Å². The van der Waals surface area contributed by atoms with E-state index in [1.807, 2.05) is 0 Å². The van der Waals surface area contributed by atoms with Gasteiger partial charge in [-0.05, 0) is 20.8 Å². The second kappa shape index (κ2) is 4.36. The van der Waals surface area contributed by atoms with Crippen molar-refractivity contribution in [2.24, 2.45) is 0 Å². The highest BCUT2D eigenvalue weighted by Crippen LogP contribution is 2.24. The lowest BCUT2D eigenvalue weighted by Crippen LogP contribution is -2.25. The molecule has 0 saturated heterocycles. The average Bonchev–Trinajstić information content (AvgIpc) is 2.14. The third kappa shape index (κ3) is 3.40. The fourth-order valence-corrected chi connectivity index (χ4v) is 1.07. The molecule has 1 rings (SSSR count). The number of carboxylic acid groups (broad SMARTS) is 1. The number of nitro groups is 1. The van der Waals surface area contributed by atoms with Crippen LogP contribution in [0.1, 0.15) is 31.1 Å². The van der Waals surface area contributed by atoms with Crippen LogP contribution in [0.25, 0.3) is 0 Å². The van der Waals surface area contributed by atoms with Crippen molar-refractivity contribution in [2.45, 2.75) is 26.4 Å². The van der Waals surface area contributed by atoms with E-state index in [1.165, 1.54) is 0 Å². The van der Waals surface area contributed by atoms with Crippen molar-refractivity contribution in [3.63, 3.8) is 0 Å². The smallest absolute Gasteiger partial charge is 0.341 e. The molecule has 0 atom stereocenters. The van der Waals surface area contributed by atoms with Gasteiger partial charge < -0.3 is 9.84 Å². The van der Waals surface area contributed by atoms with Crippen LogP contribution in [0.4, 0.5) is 5.69 Å². The van der Waals surface area contributed by atoms with Gasteiger partial charge in [0.1, 0.15) is 17.4 Å². The van der Waals surface area contributed by atoms with Gasteiger partial charge in [0.05, 0.1) is 4.92 Å². The molecule has 0 bridgehead atoms. The number of ether oxygens (including phenoxy) is 1. The summed E-state index contributed by atoms with van der Waals surface area (Å²) in [6.07, 6.45) is 0.966. The van der Waals surface area contributed by atoms with Gasteiger partial charge in [0.15, 0.2) is 0 Å². The first kappa shape index (κ1) is 12.9. The van der Waals surface area contributed by atoms with Crippen LogP contribution in [0.3, 0.4) is 0 Å². The van der Waals surface area contributed by atoms with E-state index < -0.39 is 16.5 Å². The standard InChI is InChI=1S/C10H12N2O5/c1-10(2,3)17-8-7(9(13)14)4-6(5-11-8)12(15)16/h4-5H,1-3H3,(H,13,14). The van der Waals surface area contributed by atoms with Crippen LogP contribution in [-0.4, -0.2) is 26.6 Å². The van der Waals surface area contributed by atoms with Gasteiger partial charge in [0.25, 0.3) is 5.69 Å². The van der Waals surface area contributed by atoms with Gasteiger partial charge in [-0.3, -0.25) is 10.1 Å². The minimum Gasteiger partial charge on any atom is -0.477 e. The Bertz CT molecular complexity index is 464. The quantitative estimate of drug-likeness (QED) is 0.639. The second-order valence-corrected chi connectivity index (χ2v) is 4.32. The molecule has 1 aromatic rings. The van der Waals surface area contributed by atoms with Crippen molar-refractivity contribution < 1.29 is 19.6 Å². The largest absolute Gasteiger partial charge is 0.477 e. The molecule has 0 aromatic carbocycles. The Morgan fingerprint density at radius 1 is 1.53 bits per heavy atom. The van der Waals surface area contributed by atoms with Gasteiger partial charge in [-0.1, -0.05) is 0 Å². The SMILES string of the molecule is CC(C)(C)Oc1ncc([N+](=O)[O-])cc1C(=O)O. The Balaban J connectivity index is 3.23. The lowest BCUT2D eigenvalue weighted by atomic mass is 10.2. The fraction of sp³-hybridized carbons (Fsp3) is 0.400. The number of hydrogen-bond donors (Lipinski definition) is 1. The molecule has 7 heteroatoms. The first-order valence-corrected chi connectivity index (χ1v) is 4.77. The first-order chi connectivity index (χ1) is 7.70. The molecule has 0 aliphatic rings. The number of nitrogens with zero attached hydrogens (tertiary/aromatic N) is 2. The van der Waals surface area contributed by atoms with E-state index in [0.29, 0.717) is 0 Å². The molecule has 7 nitrogen and oxygen atoms in total. The van der Waals surface area contributed by atoms with Crippen LogP contribution in [0.15, 0.2) is 12.3 Å². The third-order valence-corrected chi connectivity index (χ3v) is 1.68. The molecule has 92 valence electrons. The maximum absolute atomic E-state index is 10.9. The highest BCUT2D eigenvalue weighted by Gasteiger charge is 2.22. The zero-order valence-corrected chi connectivity index (χ0v) is 9.63. The Morgan fingerprint density at radius 3 is 2.53 bits per heavy atom. The Labute approximate surface area is 97.2 Å². The van der Waals surface area contributed by atoms with Crippen molar-refractivity contribution in [3.8, 4) is 5.88 Å². The van der Waals surface area contributed by atoms with Gasteiger partial charge in [-0.25, -0.2) is 9.78 Å². The maximum Gasteiger partial charge on any atom is 0.341 e. The zero-order valence-electron chi connectivity index (χ0n) is 9.63.